The molecule has 0 aromatic heterocycles. The van der Waals surface area contributed by atoms with Crippen LogP contribution in [0.5, 0.6) is 11.5 Å². The molecule has 0 radical (unpaired) electrons. The van der Waals surface area contributed by atoms with Crippen molar-refractivity contribution in [3.8, 4) is 11.5 Å². The van der Waals surface area contributed by atoms with Gasteiger partial charge < -0.3 is 20.5 Å². The fraction of sp³-hybridized carbons (Fsp3) is 0.250. The molecule has 1 aliphatic rings. The van der Waals surface area contributed by atoms with E-state index in [1.54, 1.807) is 25.1 Å². The highest BCUT2D eigenvalue weighted by molar-refractivity contribution is 5.93. The molecule has 1 unspecified atom stereocenters. The highest BCUT2D eigenvalue weighted by Crippen LogP contribution is 2.38. The van der Waals surface area contributed by atoms with Gasteiger partial charge in [0.05, 0.1) is 31.2 Å². The third kappa shape index (κ3) is 3.78. The topological polar surface area (TPSA) is 94.9 Å². The van der Waals surface area contributed by atoms with Gasteiger partial charge in [-0.3, -0.25) is 5.73 Å². The van der Waals surface area contributed by atoms with Crippen molar-refractivity contribution in [1.82, 2.24) is 5.32 Å². The first-order valence-corrected chi connectivity index (χ1v) is 8.73. The molecule has 0 fully saturated rings. The largest absolute Gasteiger partial charge is 0.497 e. The molecule has 5 N–H and O–H groups in total. The first-order chi connectivity index (χ1) is 14.0. The number of hydrogen-bond acceptors (Lipinski definition) is 6. The summed E-state index contributed by atoms with van der Waals surface area (Å²) in [4.78, 5) is 4.37. The van der Waals surface area contributed by atoms with Gasteiger partial charge in [-0.25, -0.2) is 9.38 Å². The van der Waals surface area contributed by atoms with Crippen molar-refractivity contribution in [2.75, 3.05) is 14.2 Å². The van der Waals surface area contributed by atoms with E-state index in [1.165, 1.54) is 14.2 Å². The molecule has 1 heterocycles. The normalized spacial score (nSPS) is 19.3. The number of hydrogen-bond donors (Lipinski definition) is 3. The summed E-state index contributed by atoms with van der Waals surface area (Å²) in [5.74, 6) is 0.0459. The van der Waals surface area contributed by atoms with Crippen LogP contribution < -0.4 is 26.3 Å². The predicted molar refractivity (Wildman–Crippen MR) is 104 cm³/mol. The number of nitrogens with zero attached hydrogens (tertiary/aromatic N) is 1. The number of benzene rings is 2. The molecule has 0 saturated heterocycles. The van der Waals surface area contributed by atoms with Crippen LogP contribution in [0.4, 0.5) is 17.6 Å². The maximum absolute atomic E-state index is 14.6. The number of rotatable bonds is 4. The molecule has 0 amide bonds. The van der Waals surface area contributed by atoms with Crippen LogP contribution in [0.25, 0.3) is 5.70 Å². The number of ether oxygens (including phenoxy) is 2. The van der Waals surface area contributed by atoms with E-state index in [-0.39, 0.29) is 17.0 Å². The highest BCUT2D eigenvalue weighted by atomic mass is 19.4. The van der Waals surface area contributed by atoms with Gasteiger partial charge in [-0.05, 0) is 37.3 Å². The molecule has 2 aromatic carbocycles. The number of aliphatic imine (C=N–C) groups is 1. The summed E-state index contributed by atoms with van der Waals surface area (Å²) >= 11 is 0. The summed E-state index contributed by atoms with van der Waals surface area (Å²) < 4.78 is 63.8. The zero-order valence-corrected chi connectivity index (χ0v) is 16.4. The van der Waals surface area contributed by atoms with Gasteiger partial charge in [-0.1, -0.05) is 0 Å². The van der Waals surface area contributed by atoms with Crippen molar-refractivity contribution in [1.29, 1.82) is 0 Å². The summed E-state index contributed by atoms with van der Waals surface area (Å²) in [6, 6.07) is 7.00. The Morgan fingerprint density at radius 1 is 1.03 bits per heavy atom. The van der Waals surface area contributed by atoms with E-state index in [0.29, 0.717) is 29.0 Å². The smallest absolute Gasteiger partial charge is 0.416 e. The van der Waals surface area contributed by atoms with Crippen LogP contribution in [0.1, 0.15) is 23.6 Å². The monoisotopic (exact) mass is 424 g/mol. The van der Waals surface area contributed by atoms with Gasteiger partial charge >= 0.3 is 6.18 Å². The fourth-order valence-corrected chi connectivity index (χ4v) is 3.15. The zero-order chi connectivity index (χ0) is 22.3. The van der Waals surface area contributed by atoms with Crippen LogP contribution >= 0.6 is 0 Å². The van der Waals surface area contributed by atoms with Crippen molar-refractivity contribution in [2.45, 2.75) is 18.8 Å². The third-order valence-corrected chi connectivity index (χ3v) is 4.69. The molecule has 0 bridgehead atoms. The van der Waals surface area contributed by atoms with Crippen molar-refractivity contribution in [3.63, 3.8) is 0 Å². The number of methoxy groups -OCH3 is 2. The minimum Gasteiger partial charge on any atom is -0.497 e. The zero-order valence-electron chi connectivity index (χ0n) is 16.4. The lowest BCUT2D eigenvalue weighted by Crippen LogP contribution is -2.47. The van der Waals surface area contributed by atoms with Gasteiger partial charge in [-0.15, -0.1) is 0 Å². The number of nitrogens with one attached hydrogen (secondary N) is 1. The van der Waals surface area contributed by atoms with E-state index in [2.05, 4.69) is 10.3 Å². The van der Waals surface area contributed by atoms with Gasteiger partial charge in [0.15, 0.2) is 5.66 Å². The number of halogens is 4. The molecule has 1 aliphatic heterocycles. The first-order valence-electron chi connectivity index (χ1n) is 8.73. The average molecular weight is 424 g/mol. The molecule has 160 valence electrons. The SMILES string of the molecule is COc1cc(OC)cc(C2(N)N=C(C)NC(c3ccc(C(F)(F)F)cc3F)=C2N)c1. The Hall–Kier alpha value is -3.27. The Morgan fingerprint density at radius 2 is 1.63 bits per heavy atom. The lowest BCUT2D eigenvalue weighted by atomic mass is 9.92. The van der Waals surface area contributed by atoms with Gasteiger partial charge in [0, 0.05) is 17.2 Å². The molecule has 30 heavy (non-hydrogen) atoms. The quantitative estimate of drug-likeness (QED) is 0.655. The second-order valence-corrected chi connectivity index (χ2v) is 6.67. The molecular formula is C20H20F4N4O2. The predicted octanol–water partition coefficient (Wildman–Crippen LogP) is 3.32. The van der Waals surface area contributed by atoms with E-state index in [0.717, 1.165) is 12.1 Å². The molecular weight excluding hydrogens is 404 g/mol. The van der Waals surface area contributed by atoms with E-state index in [4.69, 9.17) is 20.9 Å². The van der Waals surface area contributed by atoms with Crippen LogP contribution in [0.2, 0.25) is 0 Å². The molecule has 10 heteroatoms. The highest BCUT2D eigenvalue weighted by Gasteiger charge is 2.38. The van der Waals surface area contributed by atoms with Crippen LogP contribution in [0.3, 0.4) is 0 Å². The molecule has 6 nitrogen and oxygen atoms in total. The van der Waals surface area contributed by atoms with Crippen LogP contribution in [-0.4, -0.2) is 20.1 Å². The van der Waals surface area contributed by atoms with E-state index in [1.807, 2.05) is 0 Å². The summed E-state index contributed by atoms with van der Waals surface area (Å²) in [7, 11) is 2.92. The lowest BCUT2D eigenvalue weighted by molar-refractivity contribution is -0.137. The molecule has 0 aliphatic carbocycles. The van der Waals surface area contributed by atoms with Crippen LogP contribution in [0.15, 0.2) is 47.1 Å². The maximum Gasteiger partial charge on any atom is 0.416 e. The van der Waals surface area contributed by atoms with Gasteiger partial charge in [-0.2, -0.15) is 13.2 Å². The van der Waals surface area contributed by atoms with E-state index in [9.17, 15) is 17.6 Å². The third-order valence-electron chi connectivity index (χ3n) is 4.69. The van der Waals surface area contributed by atoms with Crippen LogP contribution in [-0.2, 0) is 11.8 Å². The Bertz CT molecular complexity index is 1030. The Morgan fingerprint density at radius 3 is 2.13 bits per heavy atom. The maximum atomic E-state index is 14.6. The minimum atomic E-state index is -4.68. The molecule has 0 spiro atoms. The minimum absolute atomic E-state index is 0.0259. The van der Waals surface area contributed by atoms with Gasteiger partial charge in [0.25, 0.3) is 0 Å². The second kappa shape index (κ2) is 7.52. The van der Waals surface area contributed by atoms with Crippen molar-refractivity contribution in [3.05, 3.63) is 64.6 Å². The van der Waals surface area contributed by atoms with Crippen LogP contribution in [0, 0.1) is 5.82 Å². The summed E-state index contributed by atoms with van der Waals surface area (Å²) in [5, 5.41) is 2.80. The molecule has 2 aromatic rings. The Kier molecular flexibility index (Phi) is 5.38. The van der Waals surface area contributed by atoms with E-state index >= 15 is 0 Å². The summed E-state index contributed by atoms with van der Waals surface area (Å²) in [6.07, 6.45) is -4.68. The lowest BCUT2D eigenvalue weighted by Gasteiger charge is -2.34. The Balaban J connectivity index is 2.18. The van der Waals surface area contributed by atoms with Crippen molar-refractivity contribution < 1.29 is 27.0 Å². The van der Waals surface area contributed by atoms with Crippen molar-refractivity contribution >= 4 is 11.5 Å². The first kappa shape index (κ1) is 21.4. The van der Waals surface area contributed by atoms with Crippen molar-refractivity contribution in [2.24, 2.45) is 16.5 Å². The fourth-order valence-electron chi connectivity index (χ4n) is 3.15. The van der Waals surface area contributed by atoms with Gasteiger partial charge in [0.1, 0.15) is 23.2 Å². The number of alkyl halides is 3. The summed E-state index contributed by atoms with van der Waals surface area (Å²) in [5.41, 5.74) is 10.2. The number of amidine groups is 1. The molecule has 3 rings (SSSR count). The van der Waals surface area contributed by atoms with E-state index < -0.39 is 23.2 Å². The Labute approximate surface area is 170 Å². The summed E-state index contributed by atoms with van der Waals surface area (Å²) in [6.45, 7) is 1.58. The molecule has 0 saturated carbocycles. The molecule has 1 atom stereocenters. The average Bonchev–Trinajstić information content (AvgIpc) is 2.69. The number of nitrogens with two attached hydrogens (primary N) is 2. The van der Waals surface area contributed by atoms with Gasteiger partial charge in [0.2, 0.25) is 0 Å². The standard InChI is InChI=1S/C20H20F4N4O2/c1-10-27-17(15-5-4-11(8-16(15)21)20(22,23)24)18(25)19(26,28-10)12-6-13(29-2)9-14(7-12)30-3/h4-9H,25-26H2,1-3H3,(H,27,28). The second-order valence-electron chi connectivity index (χ2n) is 6.67.